The molecule has 1 aromatic heterocycles. The molecule has 0 spiro atoms. The summed E-state index contributed by atoms with van der Waals surface area (Å²) >= 11 is 0. The second-order valence-electron chi connectivity index (χ2n) is 11.1. The van der Waals surface area contributed by atoms with Crippen LogP contribution in [0.15, 0.2) is 90.0 Å². The minimum Gasteiger partial charge on any atom is -0.495 e. The number of carbonyl (C=O) groups excluding carboxylic acids is 2. The number of imidazole rings is 1. The van der Waals surface area contributed by atoms with E-state index in [1.54, 1.807) is 37.7 Å². The van der Waals surface area contributed by atoms with Gasteiger partial charge in [0.1, 0.15) is 30.3 Å². The van der Waals surface area contributed by atoms with Crippen LogP contribution in [0.25, 0.3) is 11.8 Å². The highest BCUT2D eigenvalue weighted by Gasteiger charge is 2.47. The van der Waals surface area contributed by atoms with E-state index in [4.69, 9.17) is 19.0 Å². The van der Waals surface area contributed by atoms with E-state index in [1.807, 2.05) is 42.0 Å². The fraction of sp³-hybridized carbons (Fsp3) is 0.257. The lowest BCUT2D eigenvalue weighted by Gasteiger charge is -2.48. The molecule has 236 valence electrons. The van der Waals surface area contributed by atoms with Crippen LogP contribution in [0.4, 0.5) is 4.39 Å². The molecule has 1 saturated heterocycles. The molecule has 4 aromatic rings. The van der Waals surface area contributed by atoms with Crippen molar-refractivity contribution in [2.75, 3.05) is 34.0 Å². The number of oxime groups is 1. The number of nitrogens with zero attached hydrogens (tertiary/aromatic N) is 4. The number of esters is 2. The molecule has 2 aliphatic rings. The van der Waals surface area contributed by atoms with Crippen LogP contribution in [0.2, 0.25) is 0 Å². The lowest BCUT2D eigenvalue weighted by molar-refractivity contribution is -0.0474. The van der Waals surface area contributed by atoms with Crippen molar-refractivity contribution < 1.29 is 33.0 Å². The van der Waals surface area contributed by atoms with Gasteiger partial charge in [0.05, 0.1) is 43.1 Å². The van der Waals surface area contributed by atoms with Gasteiger partial charge in [0.2, 0.25) is 0 Å². The molecule has 0 amide bonds. The first-order chi connectivity index (χ1) is 22.3. The first-order valence-electron chi connectivity index (χ1n) is 14.8. The molecule has 10 nitrogen and oxygen atoms in total. The van der Waals surface area contributed by atoms with Crippen LogP contribution < -0.4 is 4.74 Å². The summed E-state index contributed by atoms with van der Waals surface area (Å²) in [5, 5.41) is 4.47. The summed E-state index contributed by atoms with van der Waals surface area (Å²) in [6, 6.07) is 18.3. The molecule has 0 radical (unpaired) electrons. The van der Waals surface area contributed by atoms with E-state index < -0.39 is 23.3 Å². The molecular formula is C35H33FN4O6. The van der Waals surface area contributed by atoms with E-state index in [2.05, 4.69) is 15.0 Å². The van der Waals surface area contributed by atoms with Gasteiger partial charge in [0.25, 0.3) is 0 Å². The Morgan fingerprint density at radius 2 is 1.80 bits per heavy atom. The van der Waals surface area contributed by atoms with Crippen molar-refractivity contribution in [1.82, 2.24) is 14.5 Å². The zero-order valence-corrected chi connectivity index (χ0v) is 25.7. The van der Waals surface area contributed by atoms with Gasteiger partial charge in [-0.2, -0.15) is 0 Å². The number of aromatic nitrogens is 2. The van der Waals surface area contributed by atoms with Crippen molar-refractivity contribution in [3.05, 3.63) is 119 Å². The molecule has 3 aromatic carbocycles. The molecule has 2 aliphatic heterocycles. The molecule has 6 rings (SSSR count). The maximum absolute atomic E-state index is 14.1. The van der Waals surface area contributed by atoms with Gasteiger partial charge >= 0.3 is 11.9 Å². The van der Waals surface area contributed by atoms with E-state index >= 15 is 0 Å². The number of methoxy groups -OCH3 is 2. The number of aryl methyl sites for hydroxylation is 1. The van der Waals surface area contributed by atoms with Crippen LogP contribution in [0.3, 0.4) is 0 Å². The van der Waals surface area contributed by atoms with Gasteiger partial charge in [-0.05, 0) is 78.9 Å². The van der Waals surface area contributed by atoms with Crippen LogP contribution in [-0.4, -0.2) is 66.2 Å². The Morgan fingerprint density at radius 1 is 1.04 bits per heavy atom. The number of benzene rings is 3. The standard InChI is InChI=1S/C35H33FN4O6/c1-23-19-39(22-37-23)30-15-10-24(18-31(30)43-2)17-25-7-6-16-40-32(25)38-46-21-35(40,26-11-13-27(36)14-12-26)20-45-34(42)29-9-5-4-8-28(29)33(41)44-3/h4-5,8-15,17-19,22H,6-7,16,20-21H2,1-3H3. The first kappa shape index (κ1) is 30.6. The maximum atomic E-state index is 14.1. The molecule has 0 N–H and O–H groups in total. The van der Waals surface area contributed by atoms with Crippen molar-refractivity contribution in [2.45, 2.75) is 25.3 Å². The minimum atomic E-state index is -1.03. The number of fused-ring (bicyclic) bond motifs is 1. The summed E-state index contributed by atoms with van der Waals surface area (Å²) in [6.45, 7) is 2.42. The largest absolute Gasteiger partial charge is 0.495 e. The van der Waals surface area contributed by atoms with Crippen LogP contribution in [0.5, 0.6) is 5.75 Å². The summed E-state index contributed by atoms with van der Waals surface area (Å²) in [5.74, 6) is -0.454. The number of halogens is 1. The lowest BCUT2D eigenvalue weighted by atomic mass is 9.85. The summed E-state index contributed by atoms with van der Waals surface area (Å²) in [4.78, 5) is 38.0. The average Bonchev–Trinajstić information content (AvgIpc) is 3.53. The van der Waals surface area contributed by atoms with Gasteiger partial charge in [-0.3, -0.25) is 0 Å². The van der Waals surface area contributed by atoms with Crippen molar-refractivity contribution >= 4 is 23.9 Å². The van der Waals surface area contributed by atoms with Crippen molar-refractivity contribution in [3.8, 4) is 11.4 Å². The SMILES string of the molecule is COC(=O)c1ccccc1C(=O)OCC1(c2ccc(F)cc2)CON=C2C(=Cc3ccc(-n4cnc(C)c4)c(OC)c3)CCCN21. The number of ether oxygens (including phenoxy) is 3. The lowest BCUT2D eigenvalue weighted by Crippen LogP contribution is -2.59. The molecular weight excluding hydrogens is 591 g/mol. The van der Waals surface area contributed by atoms with Crippen LogP contribution in [0.1, 0.15) is 50.4 Å². The minimum absolute atomic E-state index is 0.0498. The fourth-order valence-electron chi connectivity index (χ4n) is 5.92. The van der Waals surface area contributed by atoms with Crippen molar-refractivity contribution in [2.24, 2.45) is 5.16 Å². The van der Waals surface area contributed by atoms with Gasteiger partial charge in [0, 0.05) is 12.7 Å². The smallest absolute Gasteiger partial charge is 0.339 e. The molecule has 0 aliphatic carbocycles. The zero-order chi connectivity index (χ0) is 32.3. The van der Waals surface area contributed by atoms with Crippen LogP contribution in [0, 0.1) is 12.7 Å². The molecule has 1 fully saturated rings. The van der Waals surface area contributed by atoms with Gasteiger partial charge in [-0.25, -0.2) is 19.0 Å². The van der Waals surface area contributed by atoms with E-state index in [0.29, 0.717) is 23.7 Å². The third-order valence-electron chi connectivity index (χ3n) is 8.25. The molecule has 1 unspecified atom stereocenters. The predicted molar refractivity (Wildman–Crippen MR) is 168 cm³/mol. The second-order valence-corrected chi connectivity index (χ2v) is 11.1. The Labute approximate surface area is 265 Å². The number of carbonyl (C=O) groups is 2. The predicted octanol–water partition coefficient (Wildman–Crippen LogP) is 5.69. The van der Waals surface area contributed by atoms with Gasteiger partial charge in [-0.1, -0.05) is 35.5 Å². The van der Waals surface area contributed by atoms with Crippen LogP contribution >= 0.6 is 0 Å². The third kappa shape index (κ3) is 5.83. The number of piperidine rings is 1. The topological polar surface area (TPSA) is 104 Å². The summed E-state index contributed by atoms with van der Waals surface area (Å²) in [6.07, 6.45) is 7.23. The van der Waals surface area contributed by atoms with Gasteiger partial charge in [-0.15, -0.1) is 0 Å². The number of hydrogen-bond donors (Lipinski definition) is 0. The Kier molecular flexibility index (Phi) is 8.56. The quantitative estimate of drug-likeness (QED) is 0.230. The molecule has 1 atom stereocenters. The molecule has 11 heteroatoms. The average molecular weight is 625 g/mol. The van der Waals surface area contributed by atoms with E-state index in [-0.39, 0.29) is 24.3 Å². The van der Waals surface area contributed by atoms with Gasteiger partial charge < -0.3 is 28.5 Å². The Bertz CT molecular complexity index is 1830. The van der Waals surface area contributed by atoms with Gasteiger partial charge in [0.15, 0.2) is 5.84 Å². The number of amidine groups is 1. The summed E-state index contributed by atoms with van der Waals surface area (Å²) in [7, 11) is 2.88. The monoisotopic (exact) mass is 624 g/mol. The Morgan fingerprint density at radius 3 is 2.50 bits per heavy atom. The highest BCUT2D eigenvalue weighted by molar-refractivity contribution is 6.04. The maximum Gasteiger partial charge on any atom is 0.339 e. The Hall–Kier alpha value is -5.45. The number of rotatable bonds is 8. The van der Waals surface area contributed by atoms with Crippen LogP contribution in [-0.2, 0) is 19.9 Å². The summed E-state index contributed by atoms with van der Waals surface area (Å²) < 4.78 is 32.5. The Balaban J connectivity index is 1.34. The highest BCUT2D eigenvalue weighted by atomic mass is 19.1. The fourth-order valence-corrected chi connectivity index (χ4v) is 5.92. The molecule has 0 bridgehead atoms. The van der Waals surface area contributed by atoms with Crippen molar-refractivity contribution in [3.63, 3.8) is 0 Å². The summed E-state index contributed by atoms with van der Waals surface area (Å²) in [5.41, 5.74) is 3.43. The molecule has 46 heavy (non-hydrogen) atoms. The first-order valence-corrected chi connectivity index (χ1v) is 14.8. The zero-order valence-electron chi connectivity index (χ0n) is 25.7. The van der Waals surface area contributed by atoms with E-state index in [0.717, 1.165) is 35.4 Å². The molecule has 3 heterocycles. The van der Waals surface area contributed by atoms with Crippen molar-refractivity contribution in [1.29, 1.82) is 0 Å². The molecule has 0 saturated carbocycles. The van der Waals surface area contributed by atoms with E-state index in [1.165, 1.54) is 31.4 Å². The van der Waals surface area contributed by atoms with E-state index in [9.17, 15) is 14.0 Å². The normalized spacial score (nSPS) is 18.3. The highest BCUT2D eigenvalue weighted by Crippen LogP contribution is 2.39. The second kappa shape index (κ2) is 12.9. The third-order valence-corrected chi connectivity index (χ3v) is 8.25. The number of hydrogen-bond acceptors (Lipinski definition) is 9.